The predicted octanol–water partition coefficient (Wildman–Crippen LogP) is 2.92. The van der Waals surface area contributed by atoms with Crippen molar-refractivity contribution >= 4 is 11.6 Å². The number of halogens is 1. The van der Waals surface area contributed by atoms with Crippen molar-refractivity contribution < 1.29 is 14.6 Å². The third-order valence-electron chi connectivity index (χ3n) is 2.81. The van der Waals surface area contributed by atoms with E-state index in [0.29, 0.717) is 11.4 Å². The summed E-state index contributed by atoms with van der Waals surface area (Å²) in [7, 11) is 0. The first-order valence-corrected chi connectivity index (χ1v) is 6.12. The molecule has 4 heteroatoms. The Kier molecular flexibility index (Phi) is 3.73. The van der Waals surface area contributed by atoms with Crippen molar-refractivity contribution in [2.75, 3.05) is 6.61 Å². The highest BCUT2D eigenvalue weighted by Crippen LogP contribution is 2.41. The van der Waals surface area contributed by atoms with Gasteiger partial charge in [-0.05, 0) is 26.3 Å². The first-order valence-electron chi connectivity index (χ1n) is 5.74. The third-order valence-corrected chi connectivity index (χ3v) is 3.15. The van der Waals surface area contributed by atoms with Crippen LogP contribution in [0.25, 0.3) is 0 Å². The summed E-state index contributed by atoms with van der Waals surface area (Å²) in [6.07, 6.45) is 0.167. The molecular formula is C13H17ClO3. The van der Waals surface area contributed by atoms with E-state index in [9.17, 15) is 0 Å². The summed E-state index contributed by atoms with van der Waals surface area (Å²) in [5, 5.41) is 9.73. The van der Waals surface area contributed by atoms with E-state index in [0.717, 1.165) is 5.56 Å². The number of aliphatic hydroxyl groups excluding tert-OH is 1. The molecule has 0 saturated carbocycles. The van der Waals surface area contributed by atoms with Gasteiger partial charge in [0.1, 0.15) is 6.10 Å². The minimum atomic E-state index is -0.635. The van der Waals surface area contributed by atoms with Crippen LogP contribution in [0.5, 0.6) is 0 Å². The standard InChI is InChI=1S/C13H17ClO3/c1-13(2)16-11(7-8-15)12(17-13)9-5-3-4-6-10(9)14/h3-6,11-12,15H,7-8H2,1-2H3/t11-,12-/m0/s1. The molecule has 1 aromatic rings. The van der Waals surface area contributed by atoms with Crippen molar-refractivity contribution in [3.8, 4) is 0 Å². The van der Waals surface area contributed by atoms with E-state index in [4.69, 9.17) is 26.2 Å². The first-order chi connectivity index (χ1) is 8.03. The maximum absolute atomic E-state index is 9.06. The lowest BCUT2D eigenvalue weighted by molar-refractivity contribution is -0.147. The summed E-state index contributed by atoms with van der Waals surface area (Å²) in [6, 6.07) is 7.57. The normalized spacial score (nSPS) is 27.3. The van der Waals surface area contributed by atoms with Gasteiger partial charge < -0.3 is 14.6 Å². The van der Waals surface area contributed by atoms with E-state index in [-0.39, 0.29) is 18.8 Å². The van der Waals surface area contributed by atoms with Crippen molar-refractivity contribution in [1.29, 1.82) is 0 Å². The zero-order valence-electron chi connectivity index (χ0n) is 10.0. The maximum Gasteiger partial charge on any atom is 0.164 e. The van der Waals surface area contributed by atoms with Gasteiger partial charge in [-0.1, -0.05) is 29.8 Å². The highest BCUT2D eigenvalue weighted by molar-refractivity contribution is 6.31. The summed E-state index contributed by atoms with van der Waals surface area (Å²) in [6.45, 7) is 3.81. The number of hydrogen-bond acceptors (Lipinski definition) is 3. The molecular weight excluding hydrogens is 240 g/mol. The Balaban J connectivity index is 2.27. The lowest BCUT2D eigenvalue weighted by Crippen LogP contribution is -2.21. The molecule has 0 radical (unpaired) electrons. The predicted molar refractivity (Wildman–Crippen MR) is 65.9 cm³/mol. The van der Waals surface area contributed by atoms with E-state index >= 15 is 0 Å². The van der Waals surface area contributed by atoms with Crippen molar-refractivity contribution in [3.05, 3.63) is 34.9 Å². The van der Waals surface area contributed by atoms with Crippen LogP contribution >= 0.6 is 11.6 Å². The second-order valence-electron chi connectivity index (χ2n) is 4.63. The van der Waals surface area contributed by atoms with Crippen LogP contribution in [0.3, 0.4) is 0 Å². The molecule has 0 aliphatic carbocycles. The molecule has 0 bridgehead atoms. The molecule has 0 unspecified atom stereocenters. The average Bonchev–Trinajstić information content (AvgIpc) is 2.55. The number of aliphatic hydroxyl groups is 1. The minimum Gasteiger partial charge on any atom is -0.396 e. The van der Waals surface area contributed by atoms with E-state index in [1.165, 1.54) is 0 Å². The van der Waals surface area contributed by atoms with Crippen LogP contribution in [0.1, 0.15) is 31.9 Å². The molecule has 1 saturated heterocycles. The van der Waals surface area contributed by atoms with E-state index < -0.39 is 5.79 Å². The van der Waals surface area contributed by atoms with Crippen molar-refractivity contribution in [2.24, 2.45) is 0 Å². The Labute approximate surface area is 106 Å². The van der Waals surface area contributed by atoms with Gasteiger partial charge in [0, 0.05) is 17.2 Å². The Bertz CT molecular complexity index is 392. The van der Waals surface area contributed by atoms with Crippen molar-refractivity contribution in [1.82, 2.24) is 0 Å². The quantitative estimate of drug-likeness (QED) is 0.904. The van der Waals surface area contributed by atoms with Gasteiger partial charge >= 0.3 is 0 Å². The summed E-state index contributed by atoms with van der Waals surface area (Å²) < 4.78 is 11.6. The Morgan fingerprint density at radius 1 is 1.29 bits per heavy atom. The molecule has 2 atom stereocenters. The summed E-state index contributed by atoms with van der Waals surface area (Å²) in [4.78, 5) is 0. The van der Waals surface area contributed by atoms with Gasteiger partial charge in [-0.25, -0.2) is 0 Å². The highest BCUT2D eigenvalue weighted by atomic mass is 35.5. The van der Waals surface area contributed by atoms with Crippen molar-refractivity contribution in [3.63, 3.8) is 0 Å². The zero-order valence-corrected chi connectivity index (χ0v) is 10.8. The van der Waals surface area contributed by atoms with Gasteiger partial charge in [-0.15, -0.1) is 0 Å². The lowest BCUT2D eigenvalue weighted by Gasteiger charge is -2.17. The number of benzene rings is 1. The van der Waals surface area contributed by atoms with Gasteiger partial charge in [-0.2, -0.15) is 0 Å². The largest absolute Gasteiger partial charge is 0.396 e. The fraction of sp³-hybridized carbons (Fsp3) is 0.538. The second-order valence-corrected chi connectivity index (χ2v) is 5.04. The molecule has 1 heterocycles. The summed E-state index contributed by atoms with van der Waals surface area (Å²) >= 11 is 6.16. The van der Waals surface area contributed by atoms with Crippen LogP contribution < -0.4 is 0 Å². The van der Waals surface area contributed by atoms with Crippen LogP contribution in [-0.4, -0.2) is 23.6 Å². The molecule has 0 aromatic heterocycles. The first kappa shape index (κ1) is 12.8. The number of rotatable bonds is 3. The molecule has 94 valence electrons. The molecule has 1 N–H and O–H groups in total. The van der Waals surface area contributed by atoms with E-state index in [2.05, 4.69) is 0 Å². The molecule has 3 nitrogen and oxygen atoms in total. The zero-order chi connectivity index (χ0) is 12.5. The minimum absolute atomic E-state index is 0.0745. The Morgan fingerprint density at radius 2 is 2.00 bits per heavy atom. The SMILES string of the molecule is CC1(C)O[C@@H](CCO)[C@H](c2ccccc2Cl)O1. The summed E-state index contributed by atoms with van der Waals surface area (Å²) in [5.41, 5.74) is 0.915. The van der Waals surface area contributed by atoms with Crippen molar-refractivity contribution in [2.45, 2.75) is 38.3 Å². The van der Waals surface area contributed by atoms with Crippen LogP contribution in [0.15, 0.2) is 24.3 Å². The number of hydrogen-bond donors (Lipinski definition) is 1. The molecule has 1 fully saturated rings. The van der Waals surface area contributed by atoms with Gasteiger partial charge in [0.05, 0.1) is 6.10 Å². The van der Waals surface area contributed by atoms with Gasteiger partial charge in [0.25, 0.3) is 0 Å². The molecule has 0 amide bonds. The van der Waals surface area contributed by atoms with Crippen LogP contribution in [-0.2, 0) is 9.47 Å². The fourth-order valence-corrected chi connectivity index (χ4v) is 2.39. The third kappa shape index (κ3) is 2.80. The molecule has 1 aromatic carbocycles. The average molecular weight is 257 g/mol. The monoisotopic (exact) mass is 256 g/mol. The van der Waals surface area contributed by atoms with Gasteiger partial charge in [0.15, 0.2) is 5.79 Å². The summed E-state index contributed by atoms with van der Waals surface area (Å²) in [5.74, 6) is -0.635. The van der Waals surface area contributed by atoms with Crippen LogP contribution in [0, 0.1) is 0 Å². The second kappa shape index (κ2) is 4.94. The fourth-order valence-electron chi connectivity index (χ4n) is 2.14. The van der Waals surface area contributed by atoms with E-state index in [1.807, 2.05) is 38.1 Å². The van der Waals surface area contributed by atoms with E-state index in [1.54, 1.807) is 0 Å². The van der Waals surface area contributed by atoms with Gasteiger partial charge in [-0.3, -0.25) is 0 Å². The van der Waals surface area contributed by atoms with Gasteiger partial charge in [0.2, 0.25) is 0 Å². The molecule has 17 heavy (non-hydrogen) atoms. The number of ether oxygens (including phenoxy) is 2. The Hall–Kier alpha value is -0.610. The molecule has 2 rings (SSSR count). The molecule has 1 aliphatic heterocycles. The van der Waals surface area contributed by atoms with Crippen LogP contribution in [0.2, 0.25) is 5.02 Å². The maximum atomic E-state index is 9.06. The van der Waals surface area contributed by atoms with Crippen LogP contribution in [0.4, 0.5) is 0 Å². The lowest BCUT2D eigenvalue weighted by atomic mass is 10.0. The highest BCUT2D eigenvalue weighted by Gasteiger charge is 2.42. The molecule has 1 aliphatic rings. The molecule has 0 spiro atoms. The Morgan fingerprint density at radius 3 is 2.65 bits per heavy atom. The topological polar surface area (TPSA) is 38.7 Å². The smallest absolute Gasteiger partial charge is 0.164 e.